The molecule has 0 bridgehead atoms. The second-order valence-corrected chi connectivity index (χ2v) is 4.13. The predicted octanol–water partition coefficient (Wildman–Crippen LogP) is -0.111. The van der Waals surface area contributed by atoms with Gasteiger partial charge in [-0.15, -0.1) is 6.58 Å². The molecule has 0 saturated carbocycles. The molecule has 0 aromatic rings. The molecule has 0 unspecified atom stereocenters. The monoisotopic (exact) mass is 239 g/mol. The number of carbonyl (C=O) groups excluding carboxylic acids is 2. The normalized spacial score (nSPS) is 19.9. The lowest BCUT2D eigenvalue weighted by atomic mass is 10.2. The first kappa shape index (κ1) is 13.7. The Bertz CT molecular complexity index is 291. The average Bonchev–Trinajstić information content (AvgIpc) is 2.80. The topological polar surface area (TPSA) is 61.4 Å². The maximum absolute atomic E-state index is 11.4. The number of carbonyl (C=O) groups is 2. The minimum Gasteiger partial charge on any atom is -0.346 e. The summed E-state index contributed by atoms with van der Waals surface area (Å²) >= 11 is 0. The molecule has 1 rings (SSSR count). The number of likely N-dealkylation sites (tertiary alicyclic amines) is 1. The maximum atomic E-state index is 11.4. The number of likely N-dealkylation sites (N-methyl/N-ethyl adjacent to an activating group) is 1. The molecule has 2 amide bonds. The molecular weight excluding hydrogens is 218 g/mol. The highest BCUT2D eigenvalue weighted by Crippen LogP contribution is 2.15. The number of hydrogen-bond acceptors (Lipinski definition) is 3. The van der Waals surface area contributed by atoms with Crippen molar-refractivity contribution in [1.29, 1.82) is 0 Å². The lowest BCUT2D eigenvalue weighted by molar-refractivity contribution is -0.139. The molecule has 5 heteroatoms. The van der Waals surface area contributed by atoms with Crippen LogP contribution in [-0.2, 0) is 9.59 Å². The highest BCUT2D eigenvalue weighted by Gasteiger charge is 2.24. The van der Waals surface area contributed by atoms with Gasteiger partial charge in [-0.25, -0.2) is 0 Å². The summed E-state index contributed by atoms with van der Waals surface area (Å²) in [6.07, 6.45) is 3.79. The second-order valence-electron chi connectivity index (χ2n) is 4.13. The Morgan fingerprint density at radius 3 is 2.76 bits per heavy atom. The fourth-order valence-corrected chi connectivity index (χ4v) is 2.08. The van der Waals surface area contributed by atoms with Crippen LogP contribution in [0.3, 0.4) is 0 Å². The summed E-state index contributed by atoms with van der Waals surface area (Å²) in [7, 11) is 0. The van der Waals surface area contributed by atoms with E-state index in [2.05, 4.69) is 29.0 Å². The fraction of sp³-hybridized carbons (Fsp3) is 0.667. The Labute approximate surface area is 102 Å². The molecule has 1 aliphatic heterocycles. The molecule has 0 aromatic carbocycles. The number of hydrogen-bond donors (Lipinski definition) is 2. The Kier molecular flexibility index (Phi) is 5.69. The first-order valence-corrected chi connectivity index (χ1v) is 6.10. The third-order valence-corrected chi connectivity index (χ3v) is 3.02. The molecule has 0 spiro atoms. The third kappa shape index (κ3) is 4.19. The number of nitrogens with one attached hydrogen (secondary N) is 2. The van der Waals surface area contributed by atoms with Crippen molar-refractivity contribution in [1.82, 2.24) is 15.5 Å². The van der Waals surface area contributed by atoms with Crippen LogP contribution in [-0.4, -0.2) is 48.9 Å². The number of rotatable bonds is 5. The van der Waals surface area contributed by atoms with Gasteiger partial charge in [0.2, 0.25) is 0 Å². The Hall–Kier alpha value is -1.36. The van der Waals surface area contributed by atoms with Crippen LogP contribution in [0.4, 0.5) is 0 Å². The lowest BCUT2D eigenvalue weighted by Gasteiger charge is -2.22. The van der Waals surface area contributed by atoms with Gasteiger partial charge in [0, 0.05) is 19.1 Å². The minimum absolute atomic E-state index is 0.316. The van der Waals surface area contributed by atoms with Gasteiger partial charge in [0.05, 0.1) is 0 Å². The Morgan fingerprint density at radius 2 is 2.12 bits per heavy atom. The maximum Gasteiger partial charge on any atom is 0.309 e. The number of amides is 2. The van der Waals surface area contributed by atoms with Crippen molar-refractivity contribution in [2.75, 3.05) is 26.2 Å². The lowest BCUT2D eigenvalue weighted by Crippen LogP contribution is -2.45. The van der Waals surface area contributed by atoms with E-state index in [1.807, 2.05) is 0 Å². The van der Waals surface area contributed by atoms with E-state index in [0.717, 1.165) is 25.9 Å². The quantitative estimate of drug-likeness (QED) is 0.520. The van der Waals surface area contributed by atoms with Crippen LogP contribution in [0.15, 0.2) is 12.7 Å². The van der Waals surface area contributed by atoms with E-state index in [4.69, 9.17) is 0 Å². The van der Waals surface area contributed by atoms with Gasteiger partial charge in [-0.3, -0.25) is 14.5 Å². The van der Waals surface area contributed by atoms with Crippen LogP contribution < -0.4 is 10.6 Å². The molecule has 0 aromatic heterocycles. The Balaban J connectivity index is 2.27. The van der Waals surface area contributed by atoms with Gasteiger partial charge < -0.3 is 10.6 Å². The van der Waals surface area contributed by atoms with Crippen LogP contribution in [0.2, 0.25) is 0 Å². The van der Waals surface area contributed by atoms with Crippen molar-refractivity contribution in [3.05, 3.63) is 12.7 Å². The first-order chi connectivity index (χ1) is 8.19. The number of nitrogens with zero attached hydrogens (tertiary/aromatic N) is 1. The van der Waals surface area contributed by atoms with Gasteiger partial charge in [0.25, 0.3) is 0 Å². The Morgan fingerprint density at radius 1 is 1.41 bits per heavy atom. The smallest absolute Gasteiger partial charge is 0.309 e. The van der Waals surface area contributed by atoms with Crippen molar-refractivity contribution in [2.24, 2.45) is 0 Å². The molecule has 1 saturated heterocycles. The van der Waals surface area contributed by atoms with Crippen molar-refractivity contribution in [3.8, 4) is 0 Å². The summed E-state index contributed by atoms with van der Waals surface area (Å²) in [4.78, 5) is 25.0. The minimum atomic E-state index is -0.592. The summed E-state index contributed by atoms with van der Waals surface area (Å²) in [5.74, 6) is -1.15. The van der Waals surface area contributed by atoms with Crippen LogP contribution >= 0.6 is 0 Å². The van der Waals surface area contributed by atoms with Crippen LogP contribution in [0.25, 0.3) is 0 Å². The van der Waals surface area contributed by atoms with Gasteiger partial charge in [-0.05, 0) is 25.9 Å². The average molecular weight is 239 g/mol. The summed E-state index contributed by atoms with van der Waals surface area (Å²) in [5, 5.41) is 5.12. The molecule has 2 N–H and O–H groups in total. The molecule has 96 valence electrons. The SMILES string of the molecule is C=CCNC(=O)C(=O)NC[C@H]1CCCN1CC. The van der Waals surface area contributed by atoms with Crippen LogP contribution in [0.1, 0.15) is 19.8 Å². The van der Waals surface area contributed by atoms with Gasteiger partial charge >= 0.3 is 11.8 Å². The standard InChI is InChI=1S/C12H21N3O2/c1-3-7-13-11(16)12(17)14-9-10-6-5-8-15(10)4-2/h3,10H,1,4-9H2,2H3,(H,13,16)(H,14,17)/t10-/m1/s1. The highest BCUT2D eigenvalue weighted by atomic mass is 16.2. The summed E-state index contributed by atoms with van der Waals surface area (Å²) in [6, 6.07) is 0.371. The van der Waals surface area contributed by atoms with E-state index < -0.39 is 11.8 Å². The van der Waals surface area contributed by atoms with E-state index in [-0.39, 0.29) is 0 Å². The van der Waals surface area contributed by atoms with Crippen LogP contribution in [0.5, 0.6) is 0 Å². The van der Waals surface area contributed by atoms with Crippen molar-refractivity contribution >= 4 is 11.8 Å². The summed E-state index contributed by atoms with van der Waals surface area (Å²) in [6.45, 7) is 8.52. The summed E-state index contributed by atoms with van der Waals surface area (Å²) in [5.41, 5.74) is 0. The van der Waals surface area contributed by atoms with E-state index >= 15 is 0 Å². The molecule has 0 radical (unpaired) electrons. The largest absolute Gasteiger partial charge is 0.346 e. The van der Waals surface area contributed by atoms with E-state index in [0.29, 0.717) is 19.1 Å². The van der Waals surface area contributed by atoms with Gasteiger partial charge in [-0.2, -0.15) is 0 Å². The van der Waals surface area contributed by atoms with E-state index in [1.165, 1.54) is 0 Å². The van der Waals surface area contributed by atoms with Crippen molar-refractivity contribution < 1.29 is 9.59 Å². The second kappa shape index (κ2) is 7.06. The van der Waals surface area contributed by atoms with Crippen molar-refractivity contribution in [3.63, 3.8) is 0 Å². The zero-order valence-electron chi connectivity index (χ0n) is 10.4. The van der Waals surface area contributed by atoms with Gasteiger partial charge in [0.15, 0.2) is 0 Å². The molecule has 17 heavy (non-hydrogen) atoms. The highest BCUT2D eigenvalue weighted by molar-refractivity contribution is 6.35. The molecule has 1 aliphatic rings. The zero-order valence-corrected chi connectivity index (χ0v) is 10.4. The van der Waals surface area contributed by atoms with Crippen LogP contribution in [0, 0.1) is 0 Å². The van der Waals surface area contributed by atoms with E-state index in [1.54, 1.807) is 6.08 Å². The first-order valence-electron chi connectivity index (χ1n) is 6.10. The third-order valence-electron chi connectivity index (χ3n) is 3.02. The van der Waals surface area contributed by atoms with Gasteiger partial charge in [-0.1, -0.05) is 13.0 Å². The fourth-order valence-electron chi connectivity index (χ4n) is 2.08. The van der Waals surface area contributed by atoms with Crippen molar-refractivity contribution in [2.45, 2.75) is 25.8 Å². The molecule has 5 nitrogen and oxygen atoms in total. The molecular formula is C12H21N3O2. The molecule has 1 fully saturated rings. The van der Waals surface area contributed by atoms with Gasteiger partial charge in [0.1, 0.15) is 0 Å². The van der Waals surface area contributed by atoms with E-state index in [9.17, 15) is 9.59 Å². The molecule has 1 heterocycles. The molecule has 1 atom stereocenters. The predicted molar refractivity (Wildman–Crippen MR) is 66.5 cm³/mol. The molecule has 0 aliphatic carbocycles. The summed E-state index contributed by atoms with van der Waals surface area (Å²) < 4.78 is 0. The zero-order chi connectivity index (χ0) is 12.7.